The van der Waals surface area contributed by atoms with Crippen molar-refractivity contribution in [1.82, 2.24) is 16.0 Å². The molecule has 16 bridgehead atoms. The number of hydrogen-bond acceptors (Lipinski definition) is 9. The van der Waals surface area contributed by atoms with Crippen LogP contribution < -0.4 is 60.3 Å². The Kier molecular flexibility index (Phi) is 23.0. The third-order valence-electron chi connectivity index (χ3n) is 21.8. The van der Waals surface area contributed by atoms with Gasteiger partial charge in [0.2, 0.25) is 0 Å². The first-order chi connectivity index (χ1) is 50.2. The number of nitrogens with one attached hydrogen (secondary N) is 3. The Morgan fingerprint density at radius 3 is 0.660 bits per heavy atom. The second-order valence-electron chi connectivity index (χ2n) is 36.2. The minimum Gasteiger partial charge on any atom is -0.496 e. The van der Waals surface area contributed by atoms with E-state index in [-0.39, 0.29) is 32.5 Å². The first kappa shape index (κ1) is 77.7. The maximum absolute atomic E-state index is 7.63. The molecule has 0 spiro atoms. The molecule has 0 radical (unpaired) electrons. The minimum absolute atomic E-state index is 0.211. The van der Waals surface area contributed by atoms with Crippen LogP contribution in [0.5, 0.6) is 34.5 Å². The SMILES string of the molecule is COc1c2cc(C(C)(C)C)cc1Cc1cc(C(C)(C)C)cc3c1OCCNCc1ccccc1P1c4ccccc4CNCCOc4c(cc(C(C)(C)C)cc4Cc4cc(C(C)(C)C)cc(c4OCCNCc4ccccc41)Cc1cc(C(C)(C)C)cc(c1OC)C3)Cc1cc(C(C)(C)C)cc(c1OC)C2. The van der Waals surface area contributed by atoms with Crippen LogP contribution in [-0.2, 0) is 90.6 Å². The molecular weight excluding hydrogens is 1320 g/mol. The van der Waals surface area contributed by atoms with Crippen molar-refractivity contribution in [2.24, 2.45) is 0 Å². The molecule has 560 valence electrons. The van der Waals surface area contributed by atoms with E-state index in [1.54, 1.807) is 0 Å². The fourth-order valence-electron chi connectivity index (χ4n) is 15.6. The van der Waals surface area contributed by atoms with Crippen LogP contribution in [0.4, 0.5) is 0 Å². The lowest BCUT2D eigenvalue weighted by Gasteiger charge is -2.29. The highest BCUT2D eigenvalue weighted by atomic mass is 31.1. The van der Waals surface area contributed by atoms with Crippen LogP contribution in [0.15, 0.2) is 146 Å². The van der Waals surface area contributed by atoms with Crippen LogP contribution in [0, 0.1) is 0 Å². The molecule has 0 saturated heterocycles. The van der Waals surface area contributed by atoms with E-state index in [9.17, 15) is 0 Å². The van der Waals surface area contributed by atoms with E-state index in [0.717, 1.165) is 101 Å². The largest absolute Gasteiger partial charge is 0.496 e. The topological polar surface area (TPSA) is 91.5 Å². The fraction of sp³-hybridized carbons (Fsp3) is 0.438. The van der Waals surface area contributed by atoms with Gasteiger partial charge in [0.05, 0.1) is 21.3 Å². The van der Waals surface area contributed by atoms with E-state index in [2.05, 4.69) is 286 Å². The minimum atomic E-state index is -1.10. The summed E-state index contributed by atoms with van der Waals surface area (Å²) >= 11 is 0. The van der Waals surface area contributed by atoms with Crippen molar-refractivity contribution in [3.05, 3.63) is 262 Å². The van der Waals surface area contributed by atoms with Crippen LogP contribution >= 0.6 is 7.92 Å². The summed E-state index contributed by atoms with van der Waals surface area (Å²) in [7, 11) is 4.48. The molecule has 10 heteroatoms. The van der Waals surface area contributed by atoms with Crippen molar-refractivity contribution < 1.29 is 28.4 Å². The van der Waals surface area contributed by atoms with E-state index in [1.807, 2.05) is 21.3 Å². The Labute approximate surface area is 637 Å². The number of benzene rings is 9. The Balaban J connectivity index is 1.23. The van der Waals surface area contributed by atoms with Gasteiger partial charge in [-0.2, -0.15) is 0 Å². The van der Waals surface area contributed by atoms with Crippen molar-refractivity contribution in [2.45, 2.75) is 215 Å². The van der Waals surface area contributed by atoms with Crippen LogP contribution in [0.1, 0.15) is 241 Å². The third kappa shape index (κ3) is 17.5. The summed E-state index contributed by atoms with van der Waals surface area (Å²) in [5, 5.41) is 15.9. The van der Waals surface area contributed by atoms with Gasteiger partial charge in [0.1, 0.15) is 54.3 Å². The monoisotopic (exact) mass is 1440 g/mol. The molecule has 1 atom stereocenters. The van der Waals surface area contributed by atoms with Gasteiger partial charge in [-0.1, -0.05) is 270 Å². The molecule has 3 N–H and O–H groups in total. The Morgan fingerprint density at radius 1 is 0.264 bits per heavy atom. The summed E-state index contributed by atoms with van der Waals surface area (Å²) in [5.74, 6) is 5.31. The lowest BCUT2D eigenvalue weighted by atomic mass is 9.79. The van der Waals surface area contributed by atoms with E-state index < -0.39 is 7.92 Å². The molecule has 9 aromatic carbocycles. The first-order valence-electron chi connectivity index (χ1n) is 38.8. The first-order valence-corrected chi connectivity index (χ1v) is 40.2. The van der Waals surface area contributed by atoms with Gasteiger partial charge in [-0.25, -0.2) is 0 Å². The molecule has 2 heterocycles. The van der Waals surface area contributed by atoms with Crippen LogP contribution in [0.25, 0.3) is 0 Å². The summed E-state index contributed by atoms with van der Waals surface area (Å²) in [6, 6.07) is 56.5. The summed E-state index contributed by atoms with van der Waals surface area (Å²) in [6.07, 6.45) is 3.36. The molecular formula is C96H120N3O6P. The van der Waals surface area contributed by atoms with Crippen molar-refractivity contribution in [3.8, 4) is 34.5 Å². The highest BCUT2D eigenvalue weighted by molar-refractivity contribution is 7.80. The van der Waals surface area contributed by atoms with Crippen LogP contribution in [0.2, 0.25) is 0 Å². The van der Waals surface area contributed by atoms with Gasteiger partial charge in [0, 0.05) is 77.8 Å². The number of fused-ring (bicyclic) bond motifs is 12. The van der Waals surface area contributed by atoms with E-state index in [1.165, 1.54) is 66.0 Å². The van der Waals surface area contributed by atoms with E-state index in [4.69, 9.17) is 28.4 Å². The molecule has 0 fully saturated rings. The summed E-state index contributed by atoms with van der Waals surface area (Å²) in [5.41, 5.74) is 23.3. The smallest absolute Gasteiger partial charge is 0.126 e. The molecule has 1 unspecified atom stereocenters. The zero-order valence-corrected chi connectivity index (χ0v) is 68.8. The van der Waals surface area contributed by atoms with Crippen molar-refractivity contribution in [3.63, 3.8) is 0 Å². The number of ether oxygens (including phenoxy) is 6. The molecule has 106 heavy (non-hydrogen) atoms. The predicted octanol–water partition coefficient (Wildman–Crippen LogP) is 19.2. The molecule has 12 rings (SSSR count). The van der Waals surface area contributed by atoms with Gasteiger partial charge >= 0.3 is 0 Å². The normalized spacial score (nSPS) is 16.0. The molecule has 2 aliphatic heterocycles. The van der Waals surface area contributed by atoms with Gasteiger partial charge in [0.15, 0.2) is 0 Å². The van der Waals surface area contributed by atoms with Gasteiger partial charge in [-0.3, -0.25) is 0 Å². The average molecular weight is 1440 g/mol. The number of rotatable bonds is 3. The molecule has 3 aliphatic rings. The maximum atomic E-state index is 7.63. The average Bonchev–Trinajstić information content (AvgIpc) is 0.922. The fourth-order valence-corrected chi connectivity index (χ4v) is 18.5. The number of methoxy groups -OCH3 is 3. The summed E-state index contributed by atoms with van der Waals surface area (Å²) < 4.78 is 43.6. The van der Waals surface area contributed by atoms with Crippen LogP contribution in [-0.4, -0.2) is 60.8 Å². The summed E-state index contributed by atoms with van der Waals surface area (Å²) in [6.45, 7) is 47.2. The van der Waals surface area contributed by atoms with E-state index in [0.29, 0.717) is 97.6 Å². The van der Waals surface area contributed by atoms with Gasteiger partial charge in [-0.05, 0) is 173 Å². The number of hydrogen-bond donors (Lipinski definition) is 3. The molecule has 0 saturated carbocycles. The Morgan fingerprint density at radius 2 is 0.453 bits per heavy atom. The second kappa shape index (κ2) is 31.4. The highest BCUT2D eigenvalue weighted by Gasteiger charge is 2.33. The molecule has 0 amide bonds. The van der Waals surface area contributed by atoms with Crippen molar-refractivity contribution in [2.75, 3.05) is 60.8 Å². The lowest BCUT2D eigenvalue weighted by Crippen LogP contribution is -2.32. The second-order valence-corrected chi connectivity index (χ2v) is 38.3. The Bertz CT molecular complexity index is 4670. The van der Waals surface area contributed by atoms with Gasteiger partial charge in [-0.15, -0.1) is 0 Å². The van der Waals surface area contributed by atoms with Gasteiger partial charge in [0.25, 0.3) is 0 Å². The highest BCUT2D eigenvalue weighted by Crippen LogP contribution is 2.47. The molecule has 9 nitrogen and oxygen atoms in total. The molecule has 1 aliphatic carbocycles. The molecule has 0 aromatic heterocycles. The summed E-state index contributed by atoms with van der Waals surface area (Å²) in [4.78, 5) is 0. The maximum Gasteiger partial charge on any atom is 0.126 e. The zero-order valence-electron chi connectivity index (χ0n) is 67.9. The van der Waals surface area contributed by atoms with Crippen molar-refractivity contribution >= 4 is 23.8 Å². The third-order valence-corrected chi connectivity index (χ3v) is 24.5. The zero-order chi connectivity index (χ0) is 75.8. The standard InChI is InChI=1S/C96H120N3O6P/c1-91(2,3)76-46-64-40-65-47-77(92(4,5)6)49-67(86(65)101-20)42-72-54-80(95(13,14)15)56-74-45-75-57-81(96(16,17)18)55-73-44-69-51-78(93(7,8)9)50-68(87(69)102-21)43-71-53-79(94(10,11)12)52-70(41-66(48-76)85(64)100-19)88(71)103-37-34-97-58-61-28-22-25-31-82(61)106(83-32-26-23-29-62(83)59-98-35-38-104-89(72)74)84-33-27-24-30-63(84)60-99-36-39-105-90(73)75/h22-33,46-57,97-99H,34-45,58-60H2,1-21H3. The predicted molar refractivity (Wildman–Crippen MR) is 444 cm³/mol. The quantitative estimate of drug-likeness (QED) is 0.150. The van der Waals surface area contributed by atoms with E-state index >= 15 is 0 Å². The van der Waals surface area contributed by atoms with Crippen LogP contribution in [0.3, 0.4) is 0 Å². The lowest BCUT2D eigenvalue weighted by molar-refractivity contribution is 0.304. The van der Waals surface area contributed by atoms with Crippen molar-refractivity contribution in [1.29, 1.82) is 0 Å². The van der Waals surface area contributed by atoms with Gasteiger partial charge < -0.3 is 44.4 Å². The Hall–Kier alpha value is -7.91. The molecule has 9 aromatic rings.